The molecule has 0 unspecified atom stereocenters. The monoisotopic (exact) mass is 329 g/mol. The van der Waals surface area contributed by atoms with Crippen molar-refractivity contribution in [1.82, 2.24) is 0 Å². The third kappa shape index (κ3) is 2.28. The molecule has 0 aliphatic carbocycles. The average Bonchev–Trinajstić information content (AvgIpc) is 2.61. The molecule has 0 spiro atoms. The minimum atomic E-state index is 0.000597. The van der Waals surface area contributed by atoms with Crippen LogP contribution in [0.2, 0.25) is 0 Å². The number of pyridine rings is 1. The van der Waals surface area contributed by atoms with E-state index < -0.39 is 0 Å². The minimum Gasteiger partial charge on any atom is -0.344 e. The van der Waals surface area contributed by atoms with Crippen LogP contribution in [0.5, 0.6) is 0 Å². The van der Waals surface area contributed by atoms with Crippen molar-refractivity contribution in [2.45, 2.75) is 26.2 Å². The second-order valence-electron chi connectivity index (χ2n) is 7.58. The van der Waals surface area contributed by atoms with Crippen molar-refractivity contribution in [2.24, 2.45) is 7.05 Å². The molecule has 2 nitrogen and oxygen atoms in total. The van der Waals surface area contributed by atoms with Crippen molar-refractivity contribution in [3.8, 4) is 11.3 Å². The van der Waals surface area contributed by atoms with Crippen molar-refractivity contribution >= 4 is 11.4 Å². The number of anilines is 2. The van der Waals surface area contributed by atoms with Crippen LogP contribution in [0.15, 0.2) is 60.8 Å². The maximum absolute atomic E-state index is 2.38. The van der Waals surface area contributed by atoms with E-state index in [0.717, 1.165) is 0 Å². The molecule has 126 valence electrons. The van der Waals surface area contributed by atoms with Crippen LogP contribution < -0.4 is 9.47 Å². The lowest BCUT2D eigenvalue weighted by molar-refractivity contribution is -0.660. The van der Waals surface area contributed by atoms with Crippen LogP contribution in [0.3, 0.4) is 0 Å². The molecule has 0 fully saturated rings. The van der Waals surface area contributed by atoms with Gasteiger partial charge in [-0.3, -0.25) is 0 Å². The molecule has 0 atom stereocenters. The Kier molecular flexibility index (Phi) is 3.47. The van der Waals surface area contributed by atoms with Gasteiger partial charge in [0.1, 0.15) is 7.05 Å². The number of benzene rings is 2. The Bertz CT molecular complexity index is 970. The maximum Gasteiger partial charge on any atom is 0.212 e. The maximum atomic E-state index is 2.38. The summed E-state index contributed by atoms with van der Waals surface area (Å²) < 4.78 is 2.19. The Balaban J connectivity index is 1.99. The van der Waals surface area contributed by atoms with E-state index in [9.17, 15) is 0 Å². The molecule has 0 N–H and O–H groups in total. The molecular formula is C23H25N2+. The molecule has 0 saturated heterocycles. The van der Waals surface area contributed by atoms with Gasteiger partial charge < -0.3 is 4.90 Å². The summed E-state index contributed by atoms with van der Waals surface area (Å²) in [6.07, 6.45) is 2.11. The van der Waals surface area contributed by atoms with Gasteiger partial charge in [0, 0.05) is 36.0 Å². The van der Waals surface area contributed by atoms with Crippen LogP contribution in [0.1, 0.15) is 30.5 Å². The lowest BCUT2D eigenvalue weighted by atomic mass is 9.73. The van der Waals surface area contributed by atoms with Gasteiger partial charge >= 0.3 is 0 Å². The first-order valence-electron chi connectivity index (χ1n) is 8.84. The fourth-order valence-corrected chi connectivity index (χ4v) is 4.12. The second-order valence-corrected chi connectivity index (χ2v) is 7.58. The Morgan fingerprint density at radius 1 is 0.880 bits per heavy atom. The topological polar surface area (TPSA) is 7.12 Å². The van der Waals surface area contributed by atoms with Gasteiger partial charge in [0.2, 0.25) is 5.69 Å². The summed E-state index contributed by atoms with van der Waals surface area (Å²) in [6, 6.07) is 19.9. The number of hydrogen-bond donors (Lipinski definition) is 0. The molecule has 2 heteroatoms. The summed E-state index contributed by atoms with van der Waals surface area (Å²) in [6.45, 7) is 6.89. The summed E-state index contributed by atoms with van der Waals surface area (Å²) in [5, 5.41) is 0. The van der Waals surface area contributed by atoms with Crippen LogP contribution in [0, 0.1) is 6.92 Å². The van der Waals surface area contributed by atoms with Crippen molar-refractivity contribution in [3.63, 3.8) is 0 Å². The molecule has 25 heavy (non-hydrogen) atoms. The van der Waals surface area contributed by atoms with Gasteiger partial charge in [-0.1, -0.05) is 38.1 Å². The van der Waals surface area contributed by atoms with Gasteiger partial charge in [0.25, 0.3) is 0 Å². The number of aryl methyl sites for hydroxylation is 2. The number of aromatic nitrogens is 1. The number of para-hydroxylation sites is 1. The van der Waals surface area contributed by atoms with E-state index in [2.05, 4.69) is 105 Å². The zero-order chi connectivity index (χ0) is 17.8. The first kappa shape index (κ1) is 15.9. The quantitative estimate of drug-likeness (QED) is 0.576. The largest absolute Gasteiger partial charge is 0.344 e. The summed E-state index contributed by atoms with van der Waals surface area (Å²) in [5.74, 6) is 0. The van der Waals surface area contributed by atoms with E-state index in [1.165, 1.54) is 39.3 Å². The van der Waals surface area contributed by atoms with E-state index in [4.69, 9.17) is 0 Å². The highest BCUT2D eigenvalue weighted by Gasteiger charge is 2.35. The molecule has 0 bridgehead atoms. The number of rotatable bonds is 1. The van der Waals surface area contributed by atoms with Gasteiger partial charge in [0.15, 0.2) is 6.20 Å². The summed E-state index contributed by atoms with van der Waals surface area (Å²) >= 11 is 0. The van der Waals surface area contributed by atoms with E-state index >= 15 is 0 Å². The number of nitrogens with zero attached hydrogens (tertiary/aromatic N) is 2. The van der Waals surface area contributed by atoms with Crippen LogP contribution in [-0.4, -0.2) is 7.05 Å². The number of fused-ring (bicyclic) bond motifs is 2. The third-order valence-corrected chi connectivity index (χ3v) is 5.65. The van der Waals surface area contributed by atoms with Crippen molar-refractivity contribution in [3.05, 3.63) is 77.5 Å². The van der Waals surface area contributed by atoms with Crippen molar-refractivity contribution in [2.75, 3.05) is 11.9 Å². The number of hydrogen-bond acceptors (Lipinski definition) is 1. The third-order valence-electron chi connectivity index (χ3n) is 5.65. The minimum absolute atomic E-state index is 0.000597. The first-order valence-corrected chi connectivity index (χ1v) is 8.84. The Morgan fingerprint density at radius 2 is 1.60 bits per heavy atom. The SMILES string of the molecule is Cc1cc2c(cc1-c1cccc[n+]1C)N(C)c1ccccc1C2(C)C. The Morgan fingerprint density at radius 3 is 2.36 bits per heavy atom. The molecule has 1 aliphatic rings. The highest BCUT2D eigenvalue weighted by atomic mass is 15.1. The molecule has 3 aromatic rings. The van der Waals surface area contributed by atoms with Gasteiger partial charge in [0.05, 0.1) is 5.56 Å². The smallest absolute Gasteiger partial charge is 0.212 e. The zero-order valence-electron chi connectivity index (χ0n) is 15.7. The molecular weight excluding hydrogens is 304 g/mol. The molecule has 0 radical (unpaired) electrons. The van der Waals surface area contributed by atoms with E-state index in [1.54, 1.807) is 0 Å². The van der Waals surface area contributed by atoms with Crippen molar-refractivity contribution < 1.29 is 4.57 Å². The van der Waals surface area contributed by atoms with E-state index in [1.807, 2.05) is 0 Å². The summed E-state index contributed by atoms with van der Waals surface area (Å²) in [5.41, 5.74) is 9.25. The normalized spacial score (nSPS) is 14.8. The summed E-state index contributed by atoms with van der Waals surface area (Å²) in [7, 11) is 4.29. The van der Waals surface area contributed by atoms with Gasteiger partial charge in [-0.2, -0.15) is 0 Å². The Hall–Kier alpha value is -2.61. The molecule has 1 aromatic heterocycles. The molecule has 0 amide bonds. The second kappa shape index (κ2) is 5.45. The highest BCUT2D eigenvalue weighted by molar-refractivity contribution is 5.81. The van der Waals surface area contributed by atoms with E-state index in [-0.39, 0.29) is 5.41 Å². The fourth-order valence-electron chi connectivity index (χ4n) is 4.12. The molecule has 1 aliphatic heterocycles. The zero-order valence-corrected chi connectivity index (χ0v) is 15.7. The van der Waals surface area contributed by atoms with Crippen LogP contribution >= 0.6 is 0 Å². The Labute approximate surface area is 150 Å². The van der Waals surface area contributed by atoms with Gasteiger partial charge in [-0.05, 0) is 41.8 Å². The van der Waals surface area contributed by atoms with Crippen LogP contribution in [0.25, 0.3) is 11.3 Å². The fraction of sp³-hybridized carbons (Fsp3) is 0.261. The summed E-state index contributed by atoms with van der Waals surface area (Å²) in [4.78, 5) is 2.34. The first-order chi connectivity index (χ1) is 11.9. The predicted octanol–water partition coefficient (Wildman–Crippen LogP) is 4.89. The van der Waals surface area contributed by atoms with Gasteiger partial charge in [-0.25, -0.2) is 4.57 Å². The van der Waals surface area contributed by atoms with Crippen LogP contribution in [0.4, 0.5) is 11.4 Å². The lowest BCUT2D eigenvalue weighted by Gasteiger charge is -2.40. The van der Waals surface area contributed by atoms with Crippen LogP contribution in [-0.2, 0) is 12.5 Å². The van der Waals surface area contributed by atoms with Crippen molar-refractivity contribution in [1.29, 1.82) is 0 Å². The molecule has 0 saturated carbocycles. The predicted molar refractivity (Wildman–Crippen MR) is 104 cm³/mol. The van der Waals surface area contributed by atoms with E-state index in [0.29, 0.717) is 0 Å². The standard InChI is InChI=1S/C23H25N2/c1-16-14-19-22(15-17(16)20-11-8-9-13-24(20)4)25(5)21-12-7-6-10-18(21)23(19,2)3/h6-15H,1-5H3/q+1. The molecule has 2 heterocycles. The molecule has 2 aromatic carbocycles. The lowest BCUT2D eigenvalue weighted by Crippen LogP contribution is -2.32. The highest BCUT2D eigenvalue weighted by Crippen LogP contribution is 2.49. The molecule has 4 rings (SSSR count). The van der Waals surface area contributed by atoms with Gasteiger partial charge in [-0.15, -0.1) is 0 Å². The average molecular weight is 329 g/mol.